The summed E-state index contributed by atoms with van der Waals surface area (Å²) in [5, 5.41) is 0. The van der Waals surface area contributed by atoms with Crippen molar-refractivity contribution < 1.29 is 4.79 Å². The molecule has 18 heavy (non-hydrogen) atoms. The van der Waals surface area contributed by atoms with Crippen molar-refractivity contribution in [1.29, 1.82) is 0 Å². The fraction of sp³-hybridized carbons (Fsp3) is 0.643. The molecule has 1 aromatic rings. The van der Waals surface area contributed by atoms with Gasteiger partial charge in [0.1, 0.15) is 5.69 Å². The Balaban J connectivity index is 2.32. The number of Topliss-reactive ketones (excluding diaryl/α,β-unsaturated/α-hetero) is 1. The van der Waals surface area contributed by atoms with E-state index in [1.54, 1.807) is 18.6 Å². The molecule has 1 aromatic heterocycles. The van der Waals surface area contributed by atoms with Gasteiger partial charge in [0.25, 0.3) is 0 Å². The molecule has 0 unspecified atom stereocenters. The van der Waals surface area contributed by atoms with E-state index in [4.69, 9.17) is 0 Å². The zero-order valence-corrected chi connectivity index (χ0v) is 11.2. The third-order valence-electron chi connectivity index (χ3n) is 4.10. The van der Waals surface area contributed by atoms with Crippen LogP contribution in [0.4, 0.5) is 0 Å². The molecule has 0 aliphatic carbocycles. The maximum Gasteiger partial charge on any atom is 0.202 e. The highest BCUT2D eigenvalue weighted by Crippen LogP contribution is 2.31. The molecule has 0 amide bonds. The number of hydrogen-bond acceptors (Lipinski definition) is 4. The molecule has 4 heteroatoms. The third-order valence-corrected chi connectivity index (χ3v) is 4.10. The molecule has 2 rings (SSSR count). The molecular weight excluding hydrogens is 226 g/mol. The van der Waals surface area contributed by atoms with Crippen molar-refractivity contribution >= 4 is 5.78 Å². The van der Waals surface area contributed by atoms with Gasteiger partial charge in [-0.2, -0.15) is 0 Å². The van der Waals surface area contributed by atoms with Crippen LogP contribution in [0.1, 0.15) is 50.0 Å². The van der Waals surface area contributed by atoms with Gasteiger partial charge in [0.05, 0.1) is 11.7 Å². The minimum absolute atomic E-state index is 0.127. The largest absolute Gasteiger partial charge is 0.291 e. The quantitative estimate of drug-likeness (QED) is 0.749. The van der Waals surface area contributed by atoms with E-state index in [9.17, 15) is 4.79 Å². The molecule has 0 spiro atoms. The number of rotatable bonds is 5. The van der Waals surface area contributed by atoms with Gasteiger partial charge in [0.2, 0.25) is 5.78 Å². The monoisotopic (exact) mass is 247 g/mol. The molecule has 1 aliphatic heterocycles. The lowest BCUT2D eigenvalue weighted by Crippen LogP contribution is -2.53. The van der Waals surface area contributed by atoms with Crippen LogP contribution in [-0.2, 0) is 0 Å². The van der Waals surface area contributed by atoms with E-state index < -0.39 is 0 Å². The smallest absolute Gasteiger partial charge is 0.202 e. The van der Waals surface area contributed by atoms with Crippen LogP contribution >= 0.6 is 0 Å². The maximum absolute atomic E-state index is 12.8. The number of ketones is 1. The van der Waals surface area contributed by atoms with Crippen molar-refractivity contribution in [1.82, 2.24) is 14.9 Å². The Bertz CT molecular complexity index is 395. The Labute approximate surface area is 108 Å². The topological polar surface area (TPSA) is 46.1 Å². The summed E-state index contributed by atoms with van der Waals surface area (Å²) in [5.41, 5.74) is 0.111. The second-order valence-electron chi connectivity index (χ2n) is 4.85. The van der Waals surface area contributed by atoms with E-state index in [-0.39, 0.29) is 11.3 Å². The summed E-state index contributed by atoms with van der Waals surface area (Å²) in [6, 6.07) is 0. The van der Waals surface area contributed by atoms with E-state index in [0.717, 1.165) is 25.9 Å². The first-order valence-electron chi connectivity index (χ1n) is 6.80. The number of nitrogens with zero attached hydrogens (tertiary/aromatic N) is 3. The van der Waals surface area contributed by atoms with Crippen LogP contribution in [0.25, 0.3) is 0 Å². The normalized spacial score (nSPS) is 17.0. The zero-order chi connectivity index (χ0) is 13.0. The Morgan fingerprint density at radius 3 is 2.44 bits per heavy atom. The van der Waals surface area contributed by atoms with E-state index in [1.165, 1.54) is 12.8 Å². The first kappa shape index (κ1) is 13.1. The molecule has 4 nitrogen and oxygen atoms in total. The van der Waals surface area contributed by atoms with Gasteiger partial charge in [-0.25, -0.2) is 4.98 Å². The highest BCUT2D eigenvalue weighted by atomic mass is 16.1. The van der Waals surface area contributed by atoms with Crippen molar-refractivity contribution in [2.45, 2.75) is 45.1 Å². The Morgan fingerprint density at radius 1 is 1.28 bits per heavy atom. The van der Waals surface area contributed by atoms with Crippen LogP contribution in [0.15, 0.2) is 18.6 Å². The van der Waals surface area contributed by atoms with Gasteiger partial charge >= 0.3 is 0 Å². The zero-order valence-electron chi connectivity index (χ0n) is 11.2. The molecule has 1 fully saturated rings. The van der Waals surface area contributed by atoms with Gasteiger partial charge in [-0.15, -0.1) is 0 Å². The lowest BCUT2D eigenvalue weighted by atomic mass is 9.84. The maximum atomic E-state index is 12.8. The first-order chi connectivity index (χ1) is 8.74. The Morgan fingerprint density at radius 2 is 1.94 bits per heavy atom. The minimum Gasteiger partial charge on any atom is -0.291 e. The molecule has 2 heterocycles. The van der Waals surface area contributed by atoms with Crippen molar-refractivity contribution in [3.05, 3.63) is 24.3 Å². The summed E-state index contributed by atoms with van der Waals surface area (Å²) in [4.78, 5) is 23.3. The average molecular weight is 247 g/mol. The van der Waals surface area contributed by atoms with Crippen LogP contribution in [0.5, 0.6) is 0 Å². The van der Waals surface area contributed by atoms with E-state index >= 15 is 0 Å². The lowest BCUT2D eigenvalue weighted by molar-refractivity contribution is 0.0575. The third kappa shape index (κ3) is 2.17. The van der Waals surface area contributed by atoms with Crippen LogP contribution in [0.3, 0.4) is 0 Å². The fourth-order valence-electron chi connectivity index (χ4n) is 2.96. The molecule has 1 aliphatic rings. The van der Waals surface area contributed by atoms with Crippen LogP contribution in [0.2, 0.25) is 0 Å². The highest BCUT2D eigenvalue weighted by Gasteiger charge is 2.42. The summed E-state index contributed by atoms with van der Waals surface area (Å²) < 4.78 is 0. The van der Waals surface area contributed by atoms with Crippen LogP contribution in [-0.4, -0.2) is 39.3 Å². The molecule has 0 aromatic carbocycles. The lowest BCUT2D eigenvalue weighted by Gasteiger charge is -2.39. The van der Waals surface area contributed by atoms with E-state index in [1.807, 2.05) is 0 Å². The van der Waals surface area contributed by atoms with Crippen molar-refractivity contribution in [2.75, 3.05) is 13.1 Å². The van der Waals surface area contributed by atoms with Gasteiger partial charge in [-0.3, -0.25) is 14.7 Å². The number of aromatic nitrogens is 2. The summed E-state index contributed by atoms with van der Waals surface area (Å²) in [6.07, 6.45) is 8.82. The standard InChI is InChI=1S/C14H21N3O/c1-3-14(4-2,17-9-5-6-10-17)13(18)12-11-15-7-8-16-12/h7-8,11H,3-6,9-10H2,1-2H3. The molecule has 0 N–H and O–H groups in total. The molecular formula is C14H21N3O. The minimum atomic E-state index is -0.382. The molecule has 0 atom stereocenters. The van der Waals surface area contributed by atoms with Gasteiger partial charge < -0.3 is 0 Å². The Hall–Kier alpha value is -1.29. The SMILES string of the molecule is CCC(CC)(C(=O)c1cnccn1)N1CCCC1. The summed E-state index contributed by atoms with van der Waals surface area (Å²) in [5.74, 6) is 0.127. The molecule has 0 bridgehead atoms. The number of carbonyl (C=O) groups is 1. The summed E-state index contributed by atoms with van der Waals surface area (Å²) in [7, 11) is 0. The number of carbonyl (C=O) groups excluding carboxylic acids is 1. The molecule has 0 radical (unpaired) electrons. The number of hydrogen-bond donors (Lipinski definition) is 0. The second-order valence-corrected chi connectivity index (χ2v) is 4.85. The highest BCUT2D eigenvalue weighted by molar-refractivity contribution is 6.01. The van der Waals surface area contributed by atoms with E-state index in [0.29, 0.717) is 5.69 Å². The molecule has 1 saturated heterocycles. The molecule has 0 saturated carbocycles. The predicted octanol–water partition coefficient (Wildman–Crippen LogP) is 2.31. The van der Waals surface area contributed by atoms with E-state index in [2.05, 4.69) is 28.7 Å². The van der Waals surface area contributed by atoms with Gasteiger partial charge in [0.15, 0.2) is 0 Å². The Kier molecular flexibility index (Phi) is 4.07. The average Bonchev–Trinajstić information content (AvgIpc) is 2.96. The van der Waals surface area contributed by atoms with Crippen molar-refractivity contribution in [3.63, 3.8) is 0 Å². The number of likely N-dealkylation sites (tertiary alicyclic amines) is 1. The van der Waals surface area contributed by atoms with Gasteiger partial charge in [0, 0.05) is 12.4 Å². The summed E-state index contributed by atoms with van der Waals surface area (Å²) >= 11 is 0. The van der Waals surface area contributed by atoms with Crippen LogP contribution < -0.4 is 0 Å². The first-order valence-corrected chi connectivity index (χ1v) is 6.80. The predicted molar refractivity (Wildman–Crippen MR) is 70.5 cm³/mol. The second kappa shape index (κ2) is 5.57. The van der Waals surface area contributed by atoms with Crippen molar-refractivity contribution in [2.24, 2.45) is 0 Å². The fourth-order valence-corrected chi connectivity index (χ4v) is 2.96. The van der Waals surface area contributed by atoms with Gasteiger partial charge in [-0.1, -0.05) is 13.8 Å². The molecule has 98 valence electrons. The van der Waals surface area contributed by atoms with Crippen molar-refractivity contribution in [3.8, 4) is 0 Å². The van der Waals surface area contributed by atoms with Gasteiger partial charge in [-0.05, 0) is 38.8 Å². The van der Waals surface area contributed by atoms with Crippen LogP contribution in [0, 0.1) is 0 Å². The summed E-state index contributed by atoms with van der Waals surface area (Å²) in [6.45, 7) is 6.23.